The van der Waals surface area contributed by atoms with E-state index in [0.717, 1.165) is 26.2 Å². The van der Waals surface area contributed by atoms with Gasteiger partial charge in [-0.15, -0.1) is 0 Å². The number of amides is 2. The number of benzene rings is 4. The number of sulfonamides is 1. The molecule has 0 spiro atoms. The number of likely N-dealkylation sites (N-methyl/N-ethyl adjacent to an activating group) is 1. The third-order valence-electron chi connectivity index (χ3n) is 6.94. The van der Waals surface area contributed by atoms with Crippen molar-refractivity contribution in [2.75, 3.05) is 20.1 Å². The third kappa shape index (κ3) is 7.80. The summed E-state index contributed by atoms with van der Waals surface area (Å²) in [4.78, 5) is 29.2. The molecule has 4 aromatic rings. The van der Waals surface area contributed by atoms with E-state index in [0.29, 0.717) is 13.0 Å². The summed E-state index contributed by atoms with van der Waals surface area (Å²) in [6.07, 6.45) is 0.296. The summed E-state index contributed by atoms with van der Waals surface area (Å²) in [5, 5.41) is 4.71. The van der Waals surface area contributed by atoms with Gasteiger partial charge in [0.25, 0.3) is 0 Å². The zero-order valence-electron chi connectivity index (χ0n) is 23.7. The number of fused-ring (bicyclic) bond motifs is 1. The molecule has 0 saturated carbocycles. The van der Waals surface area contributed by atoms with Crippen molar-refractivity contribution < 1.29 is 18.0 Å². The van der Waals surface area contributed by atoms with Crippen LogP contribution in [0.25, 0.3) is 10.8 Å². The van der Waals surface area contributed by atoms with Crippen LogP contribution in [0.4, 0.5) is 0 Å². The number of hydrogen-bond acceptors (Lipinski definition) is 4. The third-order valence-corrected chi connectivity index (χ3v) is 8.74. The highest BCUT2D eigenvalue weighted by molar-refractivity contribution is 7.89. The summed E-state index contributed by atoms with van der Waals surface area (Å²) in [7, 11) is -2.58. The molecule has 1 N–H and O–H groups in total. The minimum Gasteiger partial charge on any atom is -0.354 e. The van der Waals surface area contributed by atoms with E-state index in [9.17, 15) is 18.0 Å². The molecule has 0 aliphatic carbocycles. The Morgan fingerprint density at radius 1 is 0.780 bits per heavy atom. The van der Waals surface area contributed by atoms with Crippen molar-refractivity contribution in [3.63, 3.8) is 0 Å². The van der Waals surface area contributed by atoms with Gasteiger partial charge in [-0.1, -0.05) is 105 Å². The molecule has 41 heavy (non-hydrogen) atoms. The lowest BCUT2D eigenvalue weighted by Crippen LogP contribution is -2.53. The number of carbonyl (C=O) groups excluding carboxylic acids is 2. The van der Waals surface area contributed by atoms with Crippen molar-refractivity contribution in [1.29, 1.82) is 0 Å². The molecule has 0 unspecified atom stereocenters. The minimum absolute atomic E-state index is 0.108. The van der Waals surface area contributed by atoms with Crippen molar-refractivity contribution >= 4 is 32.6 Å². The van der Waals surface area contributed by atoms with E-state index in [1.54, 1.807) is 18.2 Å². The van der Waals surface area contributed by atoms with Crippen LogP contribution < -0.4 is 5.32 Å². The van der Waals surface area contributed by atoms with Crippen molar-refractivity contribution in [3.8, 4) is 0 Å². The summed E-state index contributed by atoms with van der Waals surface area (Å²) in [6, 6.07) is 30.6. The number of nitrogens with one attached hydrogen (secondary N) is 1. The van der Waals surface area contributed by atoms with Gasteiger partial charge in [-0.2, -0.15) is 4.31 Å². The van der Waals surface area contributed by atoms with E-state index in [-0.39, 0.29) is 23.3 Å². The molecule has 0 heterocycles. The molecule has 8 heteroatoms. The van der Waals surface area contributed by atoms with E-state index >= 15 is 0 Å². The minimum atomic E-state index is -3.97. The predicted molar refractivity (Wildman–Crippen MR) is 163 cm³/mol. The van der Waals surface area contributed by atoms with Crippen molar-refractivity contribution in [1.82, 2.24) is 14.5 Å². The molecule has 0 aliphatic rings. The molecule has 4 rings (SSSR count). The maximum Gasteiger partial charge on any atom is 0.243 e. The zero-order valence-corrected chi connectivity index (χ0v) is 24.6. The van der Waals surface area contributed by atoms with Gasteiger partial charge in [-0.25, -0.2) is 8.42 Å². The largest absolute Gasteiger partial charge is 0.354 e. The molecular weight excluding hydrogens is 534 g/mol. The standard InChI is InChI=1S/C33H37N3O4S/c1-25(2)22-34-33(38)31(20-26-12-6-4-7-13-26)36(23-27-14-8-5-9-15-27)32(37)24-35(3)41(39,40)30-19-18-28-16-10-11-17-29(28)21-30/h4-19,21,25,31H,20,22-24H2,1-3H3,(H,34,38)/t31-/m0/s1. The zero-order chi connectivity index (χ0) is 29.4. The maximum atomic E-state index is 14.0. The topological polar surface area (TPSA) is 86.8 Å². The van der Waals surface area contributed by atoms with Crippen molar-refractivity contribution in [3.05, 3.63) is 114 Å². The number of rotatable bonds is 12. The Bertz CT molecular complexity index is 1570. The van der Waals surface area contributed by atoms with E-state index in [1.165, 1.54) is 11.9 Å². The Labute approximate surface area is 242 Å². The lowest BCUT2D eigenvalue weighted by molar-refractivity contribution is -0.141. The van der Waals surface area contributed by atoms with Crippen LogP contribution in [0, 0.1) is 5.92 Å². The maximum absolute atomic E-state index is 14.0. The Hall–Kier alpha value is -4.01. The van der Waals surface area contributed by atoms with E-state index in [4.69, 9.17) is 0 Å². The van der Waals surface area contributed by atoms with Gasteiger partial charge in [-0.3, -0.25) is 9.59 Å². The molecule has 0 aliphatic heterocycles. The highest BCUT2D eigenvalue weighted by Crippen LogP contribution is 2.22. The van der Waals surface area contributed by atoms with Crippen LogP contribution >= 0.6 is 0 Å². The van der Waals surface area contributed by atoms with Gasteiger partial charge in [0.1, 0.15) is 6.04 Å². The summed E-state index contributed by atoms with van der Waals surface area (Å²) >= 11 is 0. The fourth-order valence-corrected chi connectivity index (χ4v) is 5.79. The fraction of sp³-hybridized carbons (Fsp3) is 0.273. The molecule has 0 saturated heterocycles. The first-order valence-electron chi connectivity index (χ1n) is 13.8. The molecule has 2 amide bonds. The lowest BCUT2D eigenvalue weighted by Gasteiger charge is -2.33. The lowest BCUT2D eigenvalue weighted by atomic mass is 10.0. The Morgan fingerprint density at radius 2 is 1.37 bits per heavy atom. The van der Waals surface area contributed by atoms with Crippen LogP contribution in [-0.2, 0) is 32.6 Å². The normalized spacial score (nSPS) is 12.4. The number of nitrogens with zero attached hydrogens (tertiary/aromatic N) is 2. The van der Waals surface area contributed by atoms with Crippen LogP contribution in [0.3, 0.4) is 0 Å². The van der Waals surface area contributed by atoms with Gasteiger partial charge in [0.05, 0.1) is 11.4 Å². The molecule has 0 fully saturated rings. The second kappa shape index (κ2) is 13.6. The monoisotopic (exact) mass is 571 g/mol. The smallest absolute Gasteiger partial charge is 0.243 e. The first-order valence-corrected chi connectivity index (χ1v) is 15.2. The van der Waals surface area contributed by atoms with Gasteiger partial charge in [0, 0.05) is 26.6 Å². The quantitative estimate of drug-likeness (QED) is 0.263. The number of carbonyl (C=O) groups is 2. The second-order valence-electron chi connectivity index (χ2n) is 10.6. The van der Waals surface area contributed by atoms with Crippen LogP contribution in [0.2, 0.25) is 0 Å². The van der Waals surface area contributed by atoms with Gasteiger partial charge >= 0.3 is 0 Å². The molecule has 0 bridgehead atoms. The van der Waals surface area contributed by atoms with Gasteiger partial charge < -0.3 is 10.2 Å². The van der Waals surface area contributed by atoms with E-state index in [2.05, 4.69) is 5.32 Å². The van der Waals surface area contributed by atoms with Crippen LogP contribution in [-0.4, -0.2) is 55.6 Å². The van der Waals surface area contributed by atoms with Crippen molar-refractivity contribution in [2.45, 2.75) is 37.8 Å². The fourth-order valence-electron chi connectivity index (χ4n) is 4.63. The Morgan fingerprint density at radius 3 is 2.00 bits per heavy atom. The first kappa shape index (κ1) is 30.0. The van der Waals surface area contributed by atoms with Crippen molar-refractivity contribution in [2.24, 2.45) is 5.92 Å². The average Bonchev–Trinajstić information content (AvgIpc) is 2.98. The van der Waals surface area contributed by atoms with E-state index in [1.807, 2.05) is 98.8 Å². The summed E-state index contributed by atoms with van der Waals surface area (Å²) in [5.74, 6) is -0.499. The van der Waals surface area contributed by atoms with Crippen LogP contribution in [0.5, 0.6) is 0 Å². The molecule has 4 aromatic carbocycles. The molecular formula is C33H37N3O4S. The van der Waals surface area contributed by atoms with E-state index < -0.39 is 28.5 Å². The Kier molecular flexibility index (Phi) is 9.91. The summed E-state index contributed by atoms with van der Waals surface area (Å²) in [6.45, 7) is 4.23. The number of hydrogen-bond donors (Lipinski definition) is 1. The van der Waals surface area contributed by atoms with Crippen LogP contribution in [0.1, 0.15) is 25.0 Å². The SMILES string of the molecule is CC(C)CNC(=O)[C@H](Cc1ccccc1)N(Cc1ccccc1)C(=O)CN(C)S(=O)(=O)c1ccc2ccccc2c1. The predicted octanol–water partition coefficient (Wildman–Crippen LogP) is 4.87. The molecule has 0 aromatic heterocycles. The van der Waals surface area contributed by atoms with Crippen LogP contribution in [0.15, 0.2) is 108 Å². The summed E-state index contributed by atoms with van der Waals surface area (Å²) in [5.41, 5.74) is 1.75. The first-order chi connectivity index (χ1) is 19.6. The van der Waals surface area contributed by atoms with Gasteiger partial charge in [0.2, 0.25) is 21.8 Å². The molecule has 7 nitrogen and oxygen atoms in total. The highest BCUT2D eigenvalue weighted by Gasteiger charge is 2.33. The Balaban J connectivity index is 1.65. The second-order valence-corrected chi connectivity index (χ2v) is 12.7. The molecule has 214 valence electrons. The summed E-state index contributed by atoms with van der Waals surface area (Å²) < 4.78 is 28.1. The highest BCUT2D eigenvalue weighted by atomic mass is 32.2. The van der Waals surface area contributed by atoms with Gasteiger partial charge in [-0.05, 0) is 39.9 Å². The molecule has 1 atom stereocenters. The average molecular weight is 572 g/mol. The molecule has 0 radical (unpaired) electrons. The van der Waals surface area contributed by atoms with Gasteiger partial charge in [0.15, 0.2) is 0 Å².